The molecular weight excluding hydrogens is 220 g/mol. The van der Waals surface area contributed by atoms with Gasteiger partial charge in [0.05, 0.1) is 5.02 Å². The summed E-state index contributed by atoms with van der Waals surface area (Å²) in [5, 5.41) is 0.800. The number of hydrogen-bond acceptors (Lipinski definition) is 1. The van der Waals surface area contributed by atoms with Crippen LogP contribution in [0.25, 0.3) is 5.69 Å². The van der Waals surface area contributed by atoms with E-state index in [0.29, 0.717) is 0 Å². The largest absolute Gasteiger partial charge is 0.399 e. The summed E-state index contributed by atoms with van der Waals surface area (Å²) in [7, 11) is 0. The van der Waals surface area contributed by atoms with Crippen LogP contribution in [0.3, 0.4) is 0 Å². The molecule has 16 heavy (non-hydrogen) atoms. The molecule has 0 bridgehead atoms. The number of aromatic nitrogens is 1. The predicted octanol–water partition coefficient (Wildman–Crippen LogP) is 3.64. The van der Waals surface area contributed by atoms with Crippen molar-refractivity contribution in [3.05, 3.63) is 46.2 Å². The minimum absolute atomic E-state index is 0.787. The summed E-state index contributed by atoms with van der Waals surface area (Å²) in [5.41, 5.74) is 11.0. The Morgan fingerprint density at radius 3 is 2.31 bits per heavy atom. The van der Waals surface area contributed by atoms with Crippen molar-refractivity contribution in [2.75, 3.05) is 5.73 Å². The van der Waals surface area contributed by atoms with Gasteiger partial charge in [-0.3, -0.25) is 0 Å². The van der Waals surface area contributed by atoms with Crippen molar-refractivity contribution in [2.45, 2.75) is 20.8 Å². The molecule has 0 aliphatic carbocycles. The third kappa shape index (κ3) is 1.69. The van der Waals surface area contributed by atoms with Crippen LogP contribution in [-0.4, -0.2) is 4.57 Å². The second-order valence-electron chi connectivity index (χ2n) is 4.10. The van der Waals surface area contributed by atoms with Gasteiger partial charge in [0, 0.05) is 22.8 Å². The molecule has 0 radical (unpaired) electrons. The molecule has 0 aliphatic heterocycles. The van der Waals surface area contributed by atoms with E-state index in [-0.39, 0.29) is 0 Å². The Labute approximate surface area is 101 Å². The molecule has 0 amide bonds. The van der Waals surface area contributed by atoms with Gasteiger partial charge in [-0.25, -0.2) is 0 Å². The second-order valence-corrected chi connectivity index (χ2v) is 4.51. The number of nitrogens with zero attached hydrogens (tertiary/aromatic N) is 1. The smallest absolute Gasteiger partial charge is 0.0618 e. The van der Waals surface area contributed by atoms with Gasteiger partial charge in [0.2, 0.25) is 0 Å². The Hall–Kier alpha value is -1.41. The van der Waals surface area contributed by atoms with Crippen LogP contribution in [0.15, 0.2) is 24.3 Å². The Morgan fingerprint density at radius 1 is 1.12 bits per heavy atom. The highest BCUT2D eigenvalue weighted by Gasteiger charge is 2.10. The Kier molecular flexibility index (Phi) is 2.68. The number of hydrogen-bond donors (Lipinski definition) is 1. The minimum atomic E-state index is 0.787. The third-order valence-corrected chi connectivity index (χ3v) is 3.21. The molecule has 84 valence electrons. The molecular formula is C13H15ClN2. The minimum Gasteiger partial charge on any atom is -0.399 e. The standard InChI is InChI=1S/C13H15ClN2/c1-8-6-11(15)4-5-13(8)16-9(2)7-12(14)10(16)3/h4-7H,15H2,1-3H3. The van der Waals surface area contributed by atoms with Crippen LogP contribution in [0.5, 0.6) is 0 Å². The van der Waals surface area contributed by atoms with Crippen molar-refractivity contribution in [1.29, 1.82) is 0 Å². The number of anilines is 1. The van der Waals surface area contributed by atoms with Crippen LogP contribution in [0.1, 0.15) is 17.0 Å². The predicted molar refractivity (Wildman–Crippen MR) is 69.4 cm³/mol. The maximum absolute atomic E-state index is 6.12. The van der Waals surface area contributed by atoms with Gasteiger partial charge in [-0.2, -0.15) is 0 Å². The highest BCUT2D eigenvalue weighted by atomic mass is 35.5. The summed E-state index contributed by atoms with van der Waals surface area (Å²) in [6.45, 7) is 6.12. The normalized spacial score (nSPS) is 10.8. The highest BCUT2D eigenvalue weighted by Crippen LogP contribution is 2.26. The van der Waals surface area contributed by atoms with Crippen LogP contribution in [0.4, 0.5) is 5.69 Å². The summed E-state index contributed by atoms with van der Waals surface area (Å²) >= 11 is 6.12. The molecule has 2 N–H and O–H groups in total. The quantitative estimate of drug-likeness (QED) is 0.751. The van der Waals surface area contributed by atoms with Crippen molar-refractivity contribution in [3.63, 3.8) is 0 Å². The van der Waals surface area contributed by atoms with E-state index in [1.807, 2.05) is 31.2 Å². The van der Waals surface area contributed by atoms with Gasteiger partial charge in [0.1, 0.15) is 0 Å². The van der Waals surface area contributed by atoms with Gasteiger partial charge in [-0.15, -0.1) is 0 Å². The van der Waals surface area contributed by atoms with Gasteiger partial charge in [-0.05, 0) is 50.6 Å². The molecule has 0 spiro atoms. The zero-order chi connectivity index (χ0) is 11.9. The lowest BCUT2D eigenvalue weighted by atomic mass is 10.1. The first-order chi connectivity index (χ1) is 7.50. The number of nitrogen functional groups attached to an aromatic ring is 1. The number of halogens is 1. The van der Waals surface area contributed by atoms with Gasteiger partial charge >= 0.3 is 0 Å². The fraction of sp³-hybridized carbons (Fsp3) is 0.231. The number of rotatable bonds is 1. The van der Waals surface area contributed by atoms with Crippen LogP contribution >= 0.6 is 11.6 Å². The van der Waals surface area contributed by atoms with E-state index in [1.54, 1.807) is 0 Å². The lowest BCUT2D eigenvalue weighted by molar-refractivity contribution is 0.955. The molecule has 2 rings (SSSR count). The summed E-state index contributed by atoms with van der Waals surface area (Å²) in [6, 6.07) is 7.89. The molecule has 0 fully saturated rings. The molecule has 2 aromatic rings. The summed E-state index contributed by atoms with van der Waals surface area (Å²) < 4.78 is 2.15. The van der Waals surface area contributed by atoms with Gasteiger partial charge < -0.3 is 10.3 Å². The maximum Gasteiger partial charge on any atom is 0.0618 e. The van der Waals surface area contributed by atoms with Gasteiger partial charge in [0.15, 0.2) is 0 Å². The fourth-order valence-electron chi connectivity index (χ4n) is 2.02. The van der Waals surface area contributed by atoms with E-state index in [0.717, 1.165) is 33.3 Å². The Balaban J connectivity index is 2.67. The number of benzene rings is 1. The van der Waals surface area contributed by atoms with Crippen LogP contribution in [-0.2, 0) is 0 Å². The molecule has 1 heterocycles. The lowest BCUT2D eigenvalue weighted by Gasteiger charge is -2.13. The van der Waals surface area contributed by atoms with Crippen LogP contribution < -0.4 is 5.73 Å². The molecule has 1 aromatic heterocycles. The summed E-state index contributed by atoms with van der Waals surface area (Å²) in [4.78, 5) is 0. The highest BCUT2D eigenvalue weighted by molar-refractivity contribution is 6.31. The van der Waals surface area contributed by atoms with Crippen molar-refractivity contribution in [1.82, 2.24) is 4.57 Å². The average molecular weight is 235 g/mol. The molecule has 0 aliphatic rings. The van der Waals surface area contributed by atoms with E-state index < -0.39 is 0 Å². The first kappa shape index (κ1) is 11.1. The average Bonchev–Trinajstić information content (AvgIpc) is 2.43. The molecule has 1 aromatic carbocycles. The van der Waals surface area contributed by atoms with Crippen molar-refractivity contribution in [3.8, 4) is 5.69 Å². The van der Waals surface area contributed by atoms with Gasteiger partial charge in [0.25, 0.3) is 0 Å². The maximum atomic E-state index is 6.12. The molecule has 3 heteroatoms. The lowest BCUT2D eigenvalue weighted by Crippen LogP contribution is -2.01. The van der Waals surface area contributed by atoms with Gasteiger partial charge in [-0.1, -0.05) is 11.6 Å². The van der Waals surface area contributed by atoms with E-state index >= 15 is 0 Å². The SMILES string of the molecule is Cc1cc(N)ccc1-n1c(C)cc(Cl)c1C. The van der Waals surface area contributed by atoms with Crippen LogP contribution in [0.2, 0.25) is 5.02 Å². The molecule has 0 atom stereocenters. The zero-order valence-corrected chi connectivity index (χ0v) is 10.5. The number of nitrogens with two attached hydrogens (primary N) is 1. The monoisotopic (exact) mass is 234 g/mol. The Bertz CT molecular complexity index is 541. The second kappa shape index (κ2) is 3.87. The molecule has 0 saturated heterocycles. The summed E-state index contributed by atoms with van der Waals surface area (Å²) in [6.07, 6.45) is 0. The first-order valence-corrected chi connectivity index (χ1v) is 5.59. The van der Waals surface area contributed by atoms with E-state index in [9.17, 15) is 0 Å². The van der Waals surface area contributed by atoms with E-state index in [4.69, 9.17) is 17.3 Å². The van der Waals surface area contributed by atoms with E-state index in [2.05, 4.69) is 18.4 Å². The van der Waals surface area contributed by atoms with Crippen LogP contribution in [0, 0.1) is 20.8 Å². The number of aryl methyl sites for hydroxylation is 2. The third-order valence-electron chi connectivity index (χ3n) is 2.83. The zero-order valence-electron chi connectivity index (χ0n) is 9.71. The molecule has 0 saturated carbocycles. The first-order valence-electron chi connectivity index (χ1n) is 5.21. The fourth-order valence-corrected chi connectivity index (χ4v) is 2.27. The molecule has 0 unspecified atom stereocenters. The Morgan fingerprint density at radius 2 is 1.81 bits per heavy atom. The topological polar surface area (TPSA) is 30.9 Å². The summed E-state index contributed by atoms with van der Waals surface area (Å²) in [5.74, 6) is 0. The van der Waals surface area contributed by atoms with Crippen molar-refractivity contribution < 1.29 is 0 Å². The van der Waals surface area contributed by atoms with Crippen molar-refractivity contribution >= 4 is 17.3 Å². The van der Waals surface area contributed by atoms with Crippen molar-refractivity contribution in [2.24, 2.45) is 0 Å². The van der Waals surface area contributed by atoms with E-state index in [1.165, 1.54) is 0 Å². The molecule has 2 nitrogen and oxygen atoms in total.